The van der Waals surface area contributed by atoms with E-state index in [2.05, 4.69) is 10.5 Å². The zero-order valence-corrected chi connectivity index (χ0v) is 16.3. The zero-order chi connectivity index (χ0) is 21.3. The van der Waals surface area contributed by atoms with Crippen LogP contribution in [0.15, 0.2) is 77.9 Å². The van der Waals surface area contributed by atoms with Crippen molar-refractivity contribution >= 4 is 29.7 Å². The SMILES string of the molecule is O=C(COc1cccc(Cl)c1)N/N=C\c1cccc(OC(=O)c2cccc(F)c2)c1. The minimum atomic E-state index is -0.685. The van der Waals surface area contributed by atoms with Crippen LogP contribution in [0.1, 0.15) is 15.9 Å². The molecule has 0 saturated carbocycles. The average molecular weight is 427 g/mol. The molecule has 152 valence electrons. The summed E-state index contributed by atoms with van der Waals surface area (Å²) in [4.78, 5) is 23.9. The molecule has 0 fully saturated rings. The van der Waals surface area contributed by atoms with E-state index in [1.165, 1.54) is 24.4 Å². The van der Waals surface area contributed by atoms with Crippen molar-refractivity contribution in [3.63, 3.8) is 0 Å². The molecule has 0 unspecified atom stereocenters. The molecule has 0 saturated heterocycles. The Morgan fingerprint density at radius 3 is 2.57 bits per heavy atom. The van der Waals surface area contributed by atoms with Gasteiger partial charge in [-0.2, -0.15) is 5.10 Å². The molecule has 1 amide bonds. The van der Waals surface area contributed by atoms with Gasteiger partial charge in [-0.3, -0.25) is 4.79 Å². The number of amides is 1. The van der Waals surface area contributed by atoms with Crippen molar-refractivity contribution in [2.24, 2.45) is 5.10 Å². The molecule has 0 aromatic heterocycles. The lowest BCUT2D eigenvalue weighted by Crippen LogP contribution is -2.24. The topological polar surface area (TPSA) is 77.0 Å². The van der Waals surface area contributed by atoms with Crippen LogP contribution in [0.2, 0.25) is 5.02 Å². The third-order valence-electron chi connectivity index (χ3n) is 3.70. The number of carbonyl (C=O) groups excluding carboxylic acids is 2. The Hall–Kier alpha value is -3.71. The molecule has 0 aliphatic carbocycles. The van der Waals surface area contributed by atoms with Crippen molar-refractivity contribution in [1.29, 1.82) is 0 Å². The molecule has 3 rings (SSSR count). The van der Waals surface area contributed by atoms with Crippen LogP contribution in [0.3, 0.4) is 0 Å². The Bertz CT molecular complexity index is 1090. The first kappa shape index (κ1) is 21.0. The summed E-state index contributed by atoms with van der Waals surface area (Å²) in [6.45, 7) is -0.233. The highest BCUT2D eigenvalue weighted by Crippen LogP contribution is 2.17. The number of nitrogens with zero attached hydrogens (tertiary/aromatic N) is 1. The molecule has 0 aliphatic rings. The first-order valence-corrected chi connectivity index (χ1v) is 9.15. The van der Waals surface area contributed by atoms with Crippen LogP contribution in [0.25, 0.3) is 0 Å². The van der Waals surface area contributed by atoms with Crippen LogP contribution >= 0.6 is 11.6 Å². The number of benzene rings is 3. The number of hydrogen-bond acceptors (Lipinski definition) is 5. The van der Waals surface area contributed by atoms with Crippen LogP contribution in [0.4, 0.5) is 4.39 Å². The molecule has 0 spiro atoms. The van der Waals surface area contributed by atoms with E-state index in [1.807, 2.05) is 0 Å². The number of halogens is 2. The number of ether oxygens (including phenoxy) is 2. The number of rotatable bonds is 7. The van der Waals surface area contributed by atoms with Gasteiger partial charge in [-0.25, -0.2) is 14.6 Å². The van der Waals surface area contributed by atoms with Gasteiger partial charge in [0.2, 0.25) is 0 Å². The predicted octanol–water partition coefficient (Wildman–Crippen LogP) is 4.23. The van der Waals surface area contributed by atoms with Crippen molar-refractivity contribution in [3.05, 3.63) is 94.8 Å². The largest absolute Gasteiger partial charge is 0.484 e. The van der Waals surface area contributed by atoms with E-state index < -0.39 is 17.7 Å². The van der Waals surface area contributed by atoms with E-state index in [0.717, 1.165) is 6.07 Å². The zero-order valence-electron chi connectivity index (χ0n) is 15.5. The van der Waals surface area contributed by atoms with Gasteiger partial charge in [-0.15, -0.1) is 0 Å². The molecular formula is C22H16ClFN2O4. The smallest absolute Gasteiger partial charge is 0.343 e. The van der Waals surface area contributed by atoms with Crippen molar-refractivity contribution in [3.8, 4) is 11.5 Å². The summed E-state index contributed by atoms with van der Waals surface area (Å²) >= 11 is 5.85. The van der Waals surface area contributed by atoms with Crippen molar-refractivity contribution in [2.75, 3.05) is 6.61 Å². The van der Waals surface area contributed by atoms with Crippen LogP contribution in [-0.4, -0.2) is 24.7 Å². The third kappa shape index (κ3) is 6.42. The van der Waals surface area contributed by atoms with Gasteiger partial charge in [0, 0.05) is 5.02 Å². The number of nitrogens with one attached hydrogen (secondary N) is 1. The fourth-order valence-electron chi connectivity index (χ4n) is 2.36. The van der Waals surface area contributed by atoms with Crippen molar-refractivity contribution < 1.29 is 23.5 Å². The molecule has 30 heavy (non-hydrogen) atoms. The summed E-state index contributed by atoms with van der Waals surface area (Å²) in [5.74, 6) is -0.950. The van der Waals surface area contributed by atoms with Gasteiger partial charge in [0.05, 0.1) is 11.8 Å². The monoisotopic (exact) mass is 426 g/mol. The van der Waals surface area contributed by atoms with Gasteiger partial charge >= 0.3 is 5.97 Å². The Kier molecular flexibility index (Phi) is 7.13. The maximum Gasteiger partial charge on any atom is 0.343 e. The molecule has 3 aromatic carbocycles. The molecule has 8 heteroatoms. The lowest BCUT2D eigenvalue weighted by atomic mass is 10.2. The molecule has 0 bridgehead atoms. The van der Waals surface area contributed by atoms with E-state index in [1.54, 1.807) is 48.5 Å². The van der Waals surface area contributed by atoms with E-state index in [0.29, 0.717) is 16.3 Å². The number of carbonyl (C=O) groups is 2. The van der Waals surface area contributed by atoms with Gasteiger partial charge in [-0.05, 0) is 54.1 Å². The second kappa shape index (κ2) is 10.2. The molecule has 0 radical (unpaired) electrons. The van der Waals surface area contributed by atoms with Crippen molar-refractivity contribution in [2.45, 2.75) is 0 Å². The first-order chi connectivity index (χ1) is 14.5. The maximum atomic E-state index is 13.2. The summed E-state index contributed by atoms with van der Waals surface area (Å²) in [5, 5.41) is 4.34. The summed E-state index contributed by atoms with van der Waals surface area (Å²) in [5.41, 5.74) is 3.01. The lowest BCUT2D eigenvalue weighted by Gasteiger charge is -2.06. The van der Waals surface area contributed by atoms with E-state index >= 15 is 0 Å². The molecule has 0 atom stereocenters. The first-order valence-electron chi connectivity index (χ1n) is 8.78. The Balaban J connectivity index is 1.52. The maximum absolute atomic E-state index is 13.2. The Morgan fingerprint density at radius 1 is 1.00 bits per heavy atom. The number of hydrogen-bond donors (Lipinski definition) is 1. The fourth-order valence-corrected chi connectivity index (χ4v) is 2.54. The van der Waals surface area contributed by atoms with Gasteiger partial charge in [0.15, 0.2) is 6.61 Å². The number of esters is 1. The van der Waals surface area contributed by atoms with E-state index in [-0.39, 0.29) is 17.9 Å². The minimum absolute atomic E-state index is 0.0982. The van der Waals surface area contributed by atoms with Crippen molar-refractivity contribution in [1.82, 2.24) is 5.43 Å². The van der Waals surface area contributed by atoms with Gasteiger partial charge in [0.25, 0.3) is 5.91 Å². The summed E-state index contributed by atoms with van der Waals surface area (Å²) < 4.78 is 23.8. The average Bonchev–Trinajstić information content (AvgIpc) is 2.73. The predicted molar refractivity (Wildman–Crippen MR) is 110 cm³/mol. The highest BCUT2D eigenvalue weighted by Gasteiger charge is 2.09. The molecule has 0 heterocycles. The summed E-state index contributed by atoms with van der Waals surface area (Å²) in [6, 6.07) is 18.4. The third-order valence-corrected chi connectivity index (χ3v) is 3.93. The summed E-state index contributed by atoms with van der Waals surface area (Å²) in [6.07, 6.45) is 1.39. The highest BCUT2D eigenvalue weighted by molar-refractivity contribution is 6.30. The van der Waals surface area contributed by atoms with Gasteiger partial charge < -0.3 is 9.47 Å². The Labute approximate surface area is 176 Å². The molecule has 0 aliphatic heterocycles. The van der Waals surface area contributed by atoms with E-state index in [9.17, 15) is 14.0 Å². The lowest BCUT2D eigenvalue weighted by molar-refractivity contribution is -0.123. The highest BCUT2D eigenvalue weighted by atomic mass is 35.5. The molecule has 3 aromatic rings. The Morgan fingerprint density at radius 2 is 1.77 bits per heavy atom. The molecule has 6 nitrogen and oxygen atoms in total. The van der Waals surface area contributed by atoms with Gasteiger partial charge in [0.1, 0.15) is 17.3 Å². The van der Waals surface area contributed by atoms with E-state index in [4.69, 9.17) is 21.1 Å². The standard InChI is InChI=1S/C22H16ClFN2O4/c23-17-6-3-8-19(12-17)29-14-21(27)26-25-13-15-4-1-9-20(10-15)30-22(28)16-5-2-7-18(24)11-16/h1-13H,14H2,(H,26,27)/b25-13-. The van der Waals surface area contributed by atoms with Gasteiger partial charge in [-0.1, -0.05) is 35.9 Å². The quantitative estimate of drug-likeness (QED) is 0.265. The van der Waals surface area contributed by atoms with Crippen LogP contribution in [0, 0.1) is 5.82 Å². The summed E-state index contributed by atoms with van der Waals surface area (Å²) in [7, 11) is 0. The molecule has 1 N–H and O–H groups in total. The van der Waals surface area contributed by atoms with Crippen LogP contribution < -0.4 is 14.9 Å². The second-order valence-corrected chi connectivity index (χ2v) is 6.45. The normalized spacial score (nSPS) is 10.6. The second-order valence-electron chi connectivity index (χ2n) is 6.01. The van der Waals surface area contributed by atoms with Crippen LogP contribution in [0.5, 0.6) is 11.5 Å². The number of hydrazone groups is 1. The molecular weight excluding hydrogens is 411 g/mol. The fraction of sp³-hybridized carbons (Fsp3) is 0.0455. The minimum Gasteiger partial charge on any atom is -0.484 e. The van der Waals surface area contributed by atoms with Crippen LogP contribution in [-0.2, 0) is 4.79 Å².